The molecule has 3 rings (SSSR count). The van der Waals surface area contributed by atoms with Gasteiger partial charge < -0.3 is 10.6 Å². The van der Waals surface area contributed by atoms with Crippen molar-refractivity contribution in [1.82, 2.24) is 0 Å². The topological polar surface area (TPSA) is 40.3 Å². The highest BCUT2D eigenvalue weighted by Gasteiger charge is 2.06. The summed E-state index contributed by atoms with van der Waals surface area (Å²) < 4.78 is 2.15. The van der Waals surface area contributed by atoms with E-state index in [0.717, 1.165) is 36.0 Å². The van der Waals surface area contributed by atoms with Crippen molar-refractivity contribution in [2.24, 2.45) is 12.0 Å². The Balaban J connectivity index is 1.28. The van der Waals surface area contributed by atoms with Gasteiger partial charge in [0.05, 0.1) is 0 Å². The van der Waals surface area contributed by atoms with Crippen molar-refractivity contribution in [2.45, 2.75) is 13.8 Å². The number of aryl methyl sites for hydroxylation is 1. The minimum atomic E-state index is 0.949. The van der Waals surface area contributed by atoms with Crippen LogP contribution in [0, 0.1) is 0 Å². The van der Waals surface area contributed by atoms with Crippen LogP contribution in [0.3, 0.4) is 0 Å². The van der Waals surface area contributed by atoms with Gasteiger partial charge in [-0.3, -0.25) is 4.99 Å². The maximum absolute atomic E-state index is 3.93. The molecule has 0 saturated heterocycles. The Morgan fingerprint density at radius 1 is 0.775 bits per heavy atom. The van der Waals surface area contributed by atoms with Gasteiger partial charge in [-0.05, 0) is 67.5 Å². The summed E-state index contributed by atoms with van der Waals surface area (Å²) >= 11 is 0. The van der Waals surface area contributed by atoms with Crippen LogP contribution in [0.25, 0.3) is 17.7 Å². The van der Waals surface area contributed by atoms with Crippen molar-refractivity contribution in [1.29, 1.82) is 0 Å². The first kappa shape index (κ1) is 31.1. The summed E-state index contributed by atoms with van der Waals surface area (Å²) in [5, 5.41) is 7.04. The van der Waals surface area contributed by atoms with E-state index in [-0.39, 0.29) is 0 Å². The molecule has 0 atom stereocenters. The van der Waals surface area contributed by atoms with E-state index in [1.165, 1.54) is 28.0 Å². The molecule has 40 heavy (non-hydrogen) atoms. The molecule has 0 fully saturated rings. The van der Waals surface area contributed by atoms with Crippen molar-refractivity contribution < 1.29 is 4.57 Å². The fourth-order valence-electron chi connectivity index (χ4n) is 3.96. The summed E-state index contributed by atoms with van der Waals surface area (Å²) in [5.74, 6) is 2.12. The monoisotopic (exact) mass is 569 g/mol. The number of aromatic nitrogens is 1. The maximum Gasteiger partial charge on any atom is 0.207 e. The zero-order valence-corrected chi connectivity index (χ0v) is 25.6. The summed E-state index contributed by atoms with van der Waals surface area (Å²) in [7, 11) is 7.67. The van der Waals surface area contributed by atoms with Gasteiger partial charge in [0.2, 0.25) is 5.69 Å². The van der Waals surface area contributed by atoms with Crippen molar-refractivity contribution >= 4 is 56.9 Å². The van der Waals surface area contributed by atoms with Crippen LogP contribution in [0.15, 0.2) is 108 Å². The van der Waals surface area contributed by atoms with Gasteiger partial charge >= 0.3 is 0 Å². The number of nitrogens with zero attached hydrogens (tertiary/aromatic N) is 2. The minimum absolute atomic E-state index is 0.949. The second-order valence-electron chi connectivity index (χ2n) is 9.31. The van der Waals surface area contributed by atoms with Crippen LogP contribution < -0.4 is 15.2 Å². The molecule has 208 valence electrons. The van der Waals surface area contributed by atoms with E-state index in [2.05, 4.69) is 132 Å². The third-order valence-corrected chi connectivity index (χ3v) is 8.39. The molecule has 0 bridgehead atoms. The number of allylic oxidation sites excluding steroid dienone is 6. The van der Waals surface area contributed by atoms with Crippen molar-refractivity contribution in [3.05, 3.63) is 120 Å². The summed E-state index contributed by atoms with van der Waals surface area (Å²) in [6.07, 6.45) is 16.3. The lowest BCUT2D eigenvalue weighted by atomic mass is 10.1. The molecule has 0 radical (unpaired) electrons. The first-order valence-corrected chi connectivity index (χ1v) is 16.0. The number of pyridine rings is 1. The second-order valence-corrected chi connectivity index (χ2v) is 12.0. The molecule has 0 aliphatic rings. The fourth-order valence-corrected chi connectivity index (χ4v) is 5.78. The number of aliphatic imine (C=N–C) groups is 1. The van der Waals surface area contributed by atoms with Gasteiger partial charge in [0, 0.05) is 66.9 Å². The quantitative estimate of drug-likeness (QED) is 0.0636. The highest BCUT2D eigenvalue weighted by atomic mass is 33.1. The molecule has 1 aromatic heterocycles. The highest BCUT2D eigenvalue weighted by Crippen LogP contribution is 2.22. The van der Waals surface area contributed by atoms with Crippen LogP contribution >= 0.6 is 21.6 Å². The number of hydrogen-bond donors (Lipinski definition) is 2. The first-order chi connectivity index (χ1) is 19.5. The van der Waals surface area contributed by atoms with Crippen LogP contribution in [0.5, 0.6) is 0 Å². The molecule has 0 unspecified atom stereocenters. The van der Waals surface area contributed by atoms with Crippen LogP contribution in [-0.4, -0.2) is 37.9 Å². The molecule has 6 heteroatoms. The van der Waals surface area contributed by atoms with Crippen molar-refractivity contribution in [2.75, 3.05) is 42.3 Å². The molecule has 4 nitrogen and oxygen atoms in total. The molecule has 2 N–H and O–H groups in total. The van der Waals surface area contributed by atoms with E-state index in [4.69, 9.17) is 0 Å². The number of hydrogen-bond acceptors (Lipinski definition) is 5. The Hall–Kier alpha value is -3.48. The van der Waals surface area contributed by atoms with Gasteiger partial charge in [-0.25, -0.2) is 4.57 Å². The standard InChI is InChI=1S/C34H40N4S2/c1-28(10-6-5-8-20-35-3)26-30-12-16-32(17-13-30)36-21-24-39-40-25-22-37-33-18-14-31(15-19-33)27-29(2)34-11-7-9-23-38(34)4/h5-20,23,26-27H,21-22,24-25H2,1-4H3,(H,35,36)/p+1. The third kappa shape index (κ3) is 11.7. The lowest BCUT2D eigenvalue weighted by Crippen LogP contribution is -2.31. The lowest BCUT2D eigenvalue weighted by molar-refractivity contribution is -0.673. The zero-order chi connectivity index (χ0) is 28.4. The summed E-state index contributed by atoms with van der Waals surface area (Å²) in [4.78, 5) is 3.93. The van der Waals surface area contributed by atoms with E-state index in [9.17, 15) is 0 Å². The average molecular weight is 570 g/mol. The smallest absolute Gasteiger partial charge is 0.207 e. The van der Waals surface area contributed by atoms with Crippen LogP contribution in [0.2, 0.25) is 0 Å². The third-order valence-electron chi connectivity index (χ3n) is 5.99. The minimum Gasteiger partial charge on any atom is -0.384 e. The predicted octanol–water partition coefficient (Wildman–Crippen LogP) is 8.19. The highest BCUT2D eigenvalue weighted by molar-refractivity contribution is 8.76. The van der Waals surface area contributed by atoms with Crippen molar-refractivity contribution in [3.8, 4) is 0 Å². The van der Waals surface area contributed by atoms with E-state index in [0.29, 0.717) is 0 Å². The second kappa shape index (κ2) is 18.0. The van der Waals surface area contributed by atoms with Gasteiger partial charge in [-0.2, -0.15) is 0 Å². The Kier molecular flexibility index (Phi) is 14.0. The maximum atomic E-state index is 3.93. The molecule has 0 aliphatic heterocycles. The van der Waals surface area contributed by atoms with E-state index >= 15 is 0 Å². The summed E-state index contributed by atoms with van der Waals surface area (Å²) in [5.41, 5.74) is 8.42. The molecule has 3 aromatic rings. The molecule has 0 spiro atoms. The lowest BCUT2D eigenvalue weighted by Gasteiger charge is -2.08. The van der Waals surface area contributed by atoms with Gasteiger partial charge in [0.25, 0.3) is 0 Å². The first-order valence-electron chi connectivity index (χ1n) is 13.5. The number of rotatable bonds is 15. The van der Waals surface area contributed by atoms with E-state index < -0.39 is 0 Å². The van der Waals surface area contributed by atoms with Crippen LogP contribution in [0.1, 0.15) is 30.7 Å². The summed E-state index contributed by atoms with van der Waals surface area (Å²) in [6, 6.07) is 23.5. The SMILES string of the molecule is CN=C\C=C/C=C/C(C)=C/c1ccc(NCCSSCCNc2ccc(/C=C(\C)c3cccc[n+]3C)cc2)cc1. The molecule has 1 heterocycles. The van der Waals surface area contributed by atoms with Gasteiger partial charge in [-0.1, -0.05) is 75.7 Å². The van der Waals surface area contributed by atoms with E-state index in [1.54, 1.807) is 13.3 Å². The van der Waals surface area contributed by atoms with Crippen LogP contribution in [0.4, 0.5) is 11.4 Å². The van der Waals surface area contributed by atoms with E-state index in [1.807, 2.05) is 39.8 Å². The number of anilines is 2. The Labute approximate surface area is 248 Å². The van der Waals surface area contributed by atoms with Crippen molar-refractivity contribution in [3.63, 3.8) is 0 Å². The van der Waals surface area contributed by atoms with Gasteiger partial charge in [0.15, 0.2) is 6.20 Å². The Morgan fingerprint density at radius 2 is 1.38 bits per heavy atom. The predicted molar refractivity (Wildman–Crippen MR) is 182 cm³/mol. The fraction of sp³-hybridized carbons (Fsp3) is 0.235. The largest absolute Gasteiger partial charge is 0.384 e. The van der Waals surface area contributed by atoms with Gasteiger partial charge in [0.1, 0.15) is 7.05 Å². The molecular formula is C34H41N4S2+. The molecule has 2 aromatic carbocycles. The zero-order valence-electron chi connectivity index (χ0n) is 24.0. The van der Waals surface area contributed by atoms with Gasteiger partial charge in [-0.15, -0.1) is 0 Å². The molecule has 0 saturated carbocycles. The average Bonchev–Trinajstić information content (AvgIpc) is 2.96. The van der Waals surface area contributed by atoms with Crippen LogP contribution in [-0.2, 0) is 7.05 Å². The number of benzene rings is 2. The molecular weight excluding hydrogens is 529 g/mol. The molecule has 0 amide bonds. The normalized spacial score (nSPS) is 12.6. The number of nitrogens with one attached hydrogen (secondary N) is 2. The Bertz CT molecular complexity index is 1320. The molecule has 0 aliphatic carbocycles. The Morgan fingerprint density at radius 3 is 1.95 bits per heavy atom. The summed E-state index contributed by atoms with van der Waals surface area (Å²) in [6.45, 7) is 6.17.